The molecule has 2 aromatic carbocycles. The van der Waals surface area contributed by atoms with Gasteiger partial charge in [0.1, 0.15) is 5.82 Å². The number of hydrogen-bond donors (Lipinski definition) is 0. The molecule has 19 heavy (non-hydrogen) atoms. The van der Waals surface area contributed by atoms with Crippen LogP contribution in [0.5, 0.6) is 0 Å². The summed E-state index contributed by atoms with van der Waals surface area (Å²) in [5, 5.41) is 0.253. The highest BCUT2D eigenvalue weighted by molar-refractivity contribution is 6.29. The number of nitrogens with zero attached hydrogens (tertiary/aromatic N) is 2. The van der Waals surface area contributed by atoms with Crippen molar-refractivity contribution < 1.29 is 4.39 Å². The van der Waals surface area contributed by atoms with Crippen LogP contribution in [0.25, 0.3) is 16.6 Å². The maximum absolute atomic E-state index is 13.2. The lowest BCUT2D eigenvalue weighted by Gasteiger charge is -2.09. The van der Waals surface area contributed by atoms with Crippen molar-refractivity contribution in [2.24, 2.45) is 0 Å². The highest BCUT2D eigenvalue weighted by Crippen LogP contribution is 2.16. The minimum absolute atomic E-state index is 0.0512. The summed E-state index contributed by atoms with van der Waals surface area (Å²) in [4.78, 5) is 16.5. The van der Waals surface area contributed by atoms with E-state index >= 15 is 0 Å². The van der Waals surface area contributed by atoms with Crippen molar-refractivity contribution in [3.63, 3.8) is 0 Å². The molecule has 0 spiro atoms. The number of hydrogen-bond acceptors (Lipinski definition) is 2. The summed E-state index contributed by atoms with van der Waals surface area (Å²) in [7, 11) is 0. The summed E-state index contributed by atoms with van der Waals surface area (Å²) < 4.78 is 14.5. The van der Waals surface area contributed by atoms with E-state index in [1.165, 1.54) is 22.8 Å². The van der Waals surface area contributed by atoms with Crippen molar-refractivity contribution >= 4 is 22.5 Å². The molecular weight excluding hydrogens is 267 g/mol. The summed E-state index contributed by atoms with van der Waals surface area (Å²) in [6.45, 7) is 0. The third-order valence-corrected chi connectivity index (χ3v) is 3.06. The first kappa shape index (κ1) is 11.9. The quantitative estimate of drug-likeness (QED) is 0.639. The maximum atomic E-state index is 13.2. The van der Waals surface area contributed by atoms with Crippen molar-refractivity contribution in [3.8, 4) is 5.69 Å². The second kappa shape index (κ2) is 4.48. The zero-order valence-corrected chi connectivity index (χ0v) is 10.4. The molecule has 0 aliphatic rings. The van der Waals surface area contributed by atoms with E-state index in [2.05, 4.69) is 4.98 Å². The van der Waals surface area contributed by atoms with Crippen molar-refractivity contribution in [2.75, 3.05) is 0 Å². The van der Waals surface area contributed by atoms with Gasteiger partial charge in [0.25, 0.3) is 5.56 Å². The van der Waals surface area contributed by atoms with Gasteiger partial charge in [-0.05, 0) is 41.9 Å². The van der Waals surface area contributed by atoms with Gasteiger partial charge in [-0.2, -0.15) is 0 Å². The summed E-state index contributed by atoms with van der Waals surface area (Å²) in [6, 6.07) is 12.7. The summed E-state index contributed by atoms with van der Waals surface area (Å²) in [5.41, 5.74) is 0.584. The van der Waals surface area contributed by atoms with Crippen LogP contribution in [-0.2, 0) is 0 Å². The van der Waals surface area contributed by atoms with Gasteiger partial charge in [0.15, 0.2) is 0 Å². The van der Waals surface area contributed by atoms with Crippen LogP contribution < -0.4 is 5.56 Å². The minimum Gasteiger partial charge on any atom is -0.268 e. The topological polar surface area (TPSA) is 34.9 Å². The van der Waals surface area contributed by atoms with Gasteiger partial charge >= 0.3 is 0 Å². The zero-order valence-electron chi connectivity index (χ0n) is 9.68. The average Bonchev–Trinajstić information content (AvgIpc) is 2.41. The molecule has 3 nitrogen and oxygen atoms in total. The molecule has 0 radical (unpaired) electrons. The molecule has 0 fully saturated rings. The lowest BCUT2D eigenvalue weighted by Crippen LogP contribution is -2.20. The molecule has 0 saturated carbocycles. The number of halogens is 2. The number of rotatable bonds is 1. The summed E-state index contributed by atoms with van der Waals surface area (Å²) in [5.74, 6) is -0.478. The van der Waals surface area contributed by atoms with E-state index in [-0.39, 0.29) is 16.2 Å². The fourth-order valence-electron chi connectivity index (χ4n) is 1.93. The van der Waals surface area contributed by atoms with Crippen LogP contribution in [0, 0.1) is 5.82 Å². The Balaban J connectivity index is 2.41. The van der Waals surface area contributed by atoms with Gasteiger partial charge in [-0.1, -0.05) is 18.2 Å². The molecule has 0 atom stereocenters. The molecule has 0 unspecified atom stereocenters. The molecular formula is C14H8ClFN2O. The van der Waals surface area contributed by atoms with Crippen molar-refractivity contribution in [1.29, 1.82) is 0 Å². The van der Waals surface area contributed by atoms with E-state index in [0.29, 0.717) is 11.2 Å². The van der Waals surface area contributed by atoms with E-state index in [1.54, 1.807) is 24.3 Å². The van der Waals surface area contributed by atoms with Crippen LogP contribution in [-0.4, -0.2) is 9.55 Å². The van der Waals surface area contributed by atoms with Gasteiger partial charge in [0.2, 0.25) is 5.28 Å². The molecule has 94 valence electrons. The van der Waals surface area contributed by atoms with Crippen molar-refractivity contribution in [2.45, 2.75) is 0 Å². The van der Waals surface area contributed by atoms with Gasteiger partial charge in [0.05, 0.1) is 16.6 Å². The molecule has 3 rings (SSSR count). The zero-order chi connectivity index (χ0) is 13.4. The highest BCUT2D eigenvalue weighted by atomic mass is 35.5. The second-order valence-corrected chi connectivity index (χ2v) is 4.36. The first-order valence-electron chi connectivity index (χ1n) is 5.60. The molecule has 0 aliphatic carbocycles. The van der Waals surface area contributed by atoms with Crippen LogP contribution in [0.3, 0.4) is 0 Å². The lowest BCUT2D eigenvalue weighted by molar-refractivity contribution is 0.629. The standard InChI is InChI=1S/C14H8ClFN2O/c15-14-17-12-7-6-9(16)8-11(12)13(19)18(14)10-4-2-1-3-5-10/h1-8H. The number of fused-ring (bicyclic) bond motifs is 1. The van der Waals surface area contributed by atoms with E-state index in [0.717, 1.165) is 0 Å². The fourth-order valence-corrected chi connectivity index (χ4v) is 2.20. The van der Waals surface area contributed by atoms with Crippen molar-refractivity contribution in [1.82, 2.24) is 9.55 Å². The summed E-state index contributed by atoms with van der Waals surface area (Å²) in [6.07, 6.45) is 0. The van der Waals surface area contributed by atoms with E-state index in [9.17, 15) is 9.18 Å². The molecule has 5 heteroatoms. The Hall–Kier alpha value is -2.20. The first-order valence-corrected chi connectivity index (χ1v) is 5.98. The lowest BCUT2D eigenvalue weighted by atomic mass is 10.2. The van der Waals surface area contributed by atoms with E-state index in [1.807, 2.05) is 6.07 Å². The molecule has 1 aromatic heterocycles. The molecule has 0 amide bonds. The summed E-state index contributed by atoms with van der Waals surface area (Å²) >= 11 is 6.04. The molecule has 3 aromatic rings. The van der Waals surface area contributed by atoms with Gasteiger partial charge in [-0.15, -0.1) is 0 Å². The Morgan fingerprint density at radius 1 is 1.11 bits per heavy atom. The SMILES string of the molecule is O=c1c2cc(F)ccc2nc(Cl)n1-c1ccccc1. The Morgan fingerprint density at radius 2 is 1.84 bits per heavy atom. The molecule has 0 N–H and O–H groups in total. The predicted molar refractivity (Wildman–Crippen MR) is 72.3 cm³/mol. The normalized spacial score (nSPS) is 10.8. The Bertz CT molecular complexity index is 815. The van der Waals surface area contributed by atoms with Gasteiger partial charge in [-0.25, -0.2) is 9.37 Å². The number of benzene rings is 2. The van der Waals surface area contributed by atoms with Crippen LogP contribution in [0.2, 0.25) is 5.28 Å². The van der Waals surface area contributed by atoms with Crippen LogP contribution in [0.15, 0.2) is 53.3 Å². The van der Waals surface area contributed by atoms with Gasteiger partial charge < -0.3 is 0 Å². The highest BCUT2D eigenvalue weighted by Gasteiger charge is 2.11. The molecule has 1 heterocycles. The van der Waals surface area contributed by atoms with E-state index in [4.69, 9.17) is 11.6 Å². The number of aromatic nitrogens is 2. The predicted octanol–water partition coefficient (Wildman–Crippen LogP) is 3.18. The van der Waals surface area contributed by atoms with Crippen molar-refractivity contribution in [3.05, 3.63) is 70.0 Å². The third-order valence-electron chi connectivity index (χ3n) is 2.80. The van der Waals surface area contributed by atoms with Crippen LogP contribution in [0.4, 0.5) is 4.39 Å². The third kappa shape index (κ3) is 2.00. The largest absolute Gasteiger partial charge is 0.268 e. The monoisotopic (exact) mass is 274 g/mol. The average molecular weight is 275 g/mol. The molecule has 0 saturated heterocycles. The Kier molecular flexibility index (Phi) is 2.80. The Morgan fingerprint density at radius 3 is 2.58 bits per heavy atom. The van der Waals surface area contributed by atoms with E-state index < -0.39 is 5.82 Å². The van der Waals surface area contributed by atoms with Gasteiger partial charge in [0, 0.05) is 0 Å². The van der Waals surface area contributed by atoms with Gasteiger partial charge in [-0.3, -0.25) is 9.36 Å². The first-order chi connectivity index (χ1) is 9.16. The smallest absolute Gasteiger partial charge is 0.267 e. The maximum Gasteiger partial charge on any atom is 0.267 e. The molecule has 0 aliphatic heterocycles. The van der Waals surface area contributed by atoms with Crippen LogP contribution in [0.1, 0.15) is 0 Å². The molecule has 0 bridgehead atoms. The number of para-hydroxylation sites is 1. The fraction of sp³-hybridized carbons (Fsp3) is 0. The Labute approximate surface area is 112 Å². The second-order valence-electron chi connectivity index (χ2n) is 4.02. The minimum atomic E-state index is -0.478. The van der Waals surface area contributed by atoms with Crippen LogP contribution >= 0.6 is 11.6 Å².